The molecule has 0 amide bonds. The first kappa shape index (κ1) is 15.6. The van der Waals surface area contributed by atoms with Crippen LogP contribution in [-0.2, 0) is 19.7 Å². The van der Waals surface area contributed by atoms with Crippen LogP contribution in [0.4, 0.5) is 0 Å². The van der Waals surface area contributed by atoms with Crippen LogP contribution >= 0.6 is 44.8 Å². The summed E-state index contributed by atoms with van der Waals surface area (Å²) in [6, 6.07) is 0. The van der Waals surface area contributed by atoms with Gasteiger partial charge in [-0.2, -0.15) is 0 Å². The van der Waals surface area contributed by atoms with Crippen LogP contribution in [0.1, 0.15) is 0 Å². The Bertz CT molecular complexity index is 469. The molecule has 2 fully saturated rings. The van der Waals surface area contributed by atoms with E-state index in [4.69, 9.17) is 23.2 Å². The Labute approximate surface area is 125 Å². The van der Waals surface area contributed by atoms with Crippen LogP contribution < -0.4 is 0 Å². The summed E-state index contributed by atoms with van der Waals surface area (Å²) in [4.78, 5) is 0. The Morgan fingerprint density at radius 3 is 1.28 bits per heavy atom. The first-order valence-corrected chi connectivity index (χ1v) is 12.0. The topological polar surface area (TPSA) is 68.3 Å². The minimum absolute atomic E-state index is 0.0000507. The lowest BCUT2D eigenvalue weighted by atomic mass is 10.4. The van der Waals surface area contributed by atoms with Crippen molar-refractivity contribution in [3.05, 3.63) is 0 Å². The zero-order chi connectivity index (χ0) is 13.6. The third-order valence-corrected chi connectivity index (χ3v) is 11.7. The van der Waals surface area contributed by atoms with Gasteiger partial charge in [0.25, 0.3) is 0 Å². The van der Waals surface area contributed by atoms with E-state index in [0.29, 0.717) is 0 Å². The Morgan fingerprint density at radius 2 is 1.06 bits per heavy atom. The third kappa shape index (κ3) is 3.85. The molecule has 0 radical (unpaired) electrons. The maximum atomic E-state index is 11.4. The van der Waals surface area contributed by atoms with Gasteiger partial charge in [-0.1, -0.05) is 21.6 Å². The van der Waals surface area contributed by atoms with Crippen LogP contribution in [0.5, 0.6) is 0 Å². The highest BCUT2D eigenvalue weighted by molar-refractivity contribution is 8.77. The second-order valence-electron chi connectivity index (χ2n) is 4.46. The number of rotatable bonds is 3. The lowest BCUT2D eigenvalue weighted by Crippen LogP contribution is -2.17. The van der Waals surface area contributed by atoms with E-state index in [-0.39, 0.29) is 33.5 Å². The molecule has 4 atom stereocenters. The van der Waals surface area contributed by atoms with Gasteiger partial charge in [0.15, 0.2) is 19.7 Å². The molecule has 0 aromatic heterocycles. The van der Waals surface area contributed by atoms with Crippen molar-refractivity contribution in [2.24, 2.45) is 0 Å². The Morgan fingerprint density at radius 1 is 0.722 bits per heavy atom. The zero-order valence-electron chi connectivity index (χ0n) is 9.16. The number of sulfone groups is 2. The minimum Gasteiger partial charge on any atom is -0.229 e. The molecule has 0 saturated carbocycles. The quantitative estimate of drug-likeness (QED) is 0.548. The van der Waals surface area contributed by atoms with E-state index < -0.39 is 30.4 Å². The van der Waals surface area contributed by atoms with Crippen molar-refractivity contribution in [3.8, 4) is 0 Å². The molecule has 0 N–H and O–H groups in total. The summed E-state index contributed by atoms with van der Waals surface area (Å²) in [5.74, 6) is 0.122. The monoisotopic (exact) mass is 370 g/mol. The second kappa shape index (κ2) is 5.52. The molecule has 106 valence electrons. The van der Waals surface area contributed by atoms with E-state index in [9.17, 15) is 16.8 Å². The molecule has 0 spiro atoms. The predicted octanol–water partition coefficient (Wildman–Crippen LogP) is 1.18. The number of halogens is 2. The average Bonchev–Trinajstić information content (AvgIpc) is 2.59. The Hall–Kier alpha value is 1.18. The number of hydrogen-bond donors (Lipinski definition) is 0. The molecule has 4 nitrogen and oxygen atoms in total. The first-order valence-electron chi connectivity index (χ1n) is 5.20. The smallest absolute Gasteiger partial charge is 0.152 e. The van der Waals surface area contributed by atoms with E-state index >= 15 is 0 Å². The Balaban J connectivity index is 1.90. The molecule has 4 unspecified atom stereocenters. The van der Waals surface area contributed by atoms with Crippen LogP contribution in [0.15, 0.2) is 0 Å². The van der Waals surface area contributed by atoms with Crippen molar-refractivity contribution in [3.63, 3.8) is 0 Å². The molecule has 2 heterocycles. The standard InChI is InChI=1S/C8H12Cl2O4S4/c9-5-1-17(11,12)3-7(5)15-16-8-4-18(13,14)2-6(8)10/h5-8H,1-4H2. The molecule has 2 aliphatic rings. The van der Waals surface area contributed by atoms with Crippen LogP contribution in [-0.4, -0.2) is 61.1 Å². The normalized spacial score (nSPS) is 42.1. The van der Waals surface area contributed by atoms with Gasteiger partial charge in [0.1, 0.15) is 0 Å². The summed E-state index contributed by atoms with van der Waals surface area (Å²) in [7, 11) is -3.38. The van der Waals surface area contributed by atoms with Crippen molar-refractivity contribution < 1.29 is 16.8 Å². The van der Waals surface area contributed by atoms with Crippen molar-refractivity contribution >= 4 is 64.5 Å². The summed E-state index contributed by atoms with van der Waals surface area (Å²) in [6.07, 6.45) is 0. The zero-order valence-corrected chi connectivity index (χ0v) is 13.9. The molecule has 0 aliphatic carbocycles. The third-order valence-electron chi connectivity index (χ3n) is 2.77. The fourth-order valence-corrected chi connectivity index (χ4v) is 12.6. The first-order chi connectivity index (χ1) is 8.19. The molecule has 0 bridgehead atoms. The van der Waals surface area contributed by atoms with E-state index in [2.05, 4.69) is 0 Å². The molecule has 2 aliphatic heterocycles. The van der Waals surface area contributed by atoms with Crippen molar-refractivity contribution in [1.82, 2.24) is 0 Å². The SMILES string of the molecule is O=S1(=O)CC(Cl)C(SSC2CS(=O)(=O)CC2Cl)C1. The molecule has 2 saturated heterocycles. The van der Waals surface area contributed by atoms with Gasteiger partial charge in [0, 0.05) is 10.5 Å². The lowest BCUT2D eigenvalue weighted by molar-refractivity contribution is 0.600. The fourth-order valence-electron chi connectivity index (χ4n) is 1.86. The minimum atomic E-state index is -3.04. The summed E-state index contributed by atoms with van der Waals surface area (Å²) in [5.41, 5.74) is 0. The van der Waals surface area contributed by atoms with E-state index in [1.807, 2.05) is 0 Å². The van der Waals surface area contributed by atoms with Crippen LogP contribution in [0.25, 0.3) is 0 Å². The van der Waals surface area contributed by atoms with Gasteiger partial charge < -0.3 is 0 Å². The molecule has 2 rings (SSSR count). The molecular weight excluding hydrogens is 359 g/mol. The molecular formula is C8H12Cl2O4S4. The molecule has 0 aromatic carbocycles. The van der Waals surface area contributed by atoms with Crippen LogP contribution in [0.2, 0.25) is 0 Å². The largest absolute Gasteiger partial charge is 0.229 e. The van der Waals surface area contributed by atoms with Gasteiger partial charge in [-0.15, -0.1) is 23.2 Å². The van der Waals surface area contributed by atoms with Gasteiger partial charge in [0.2, 0.25) is 0 Å². The van der Waals surface area contributed by atoms with Crippen LogP contribution in [0.3, 0.4) is 0 Å². The maximum Gasteiger partial charge on any atom is 0.152 e. The molecule has 0 aromatic rings. The van der Waals surface area contributed by atoms with Crippen molar-refractivity contribution in [1.29, 1.82) is 0 Å². The Kier molecular flexibility index (Phi) is 4.77. The van der Waals surface area contributed by atoms with Gasteiger partial charge in [-0.3, -0.25) is 0 Å². The number of hydrogen-bond acceptors (Lipinski definition) is 6. The highest BCUT2D eigenvalue weighted by Crippen LogP contribution is 2.42. The average molecular weight is 371 g/mol. The van der Waals surface area contributed by atoms with Gasteiger partial charge in [0.05, 0.1) is 33.8 Å². The lowest BCUT2D eigenvalue weighted by Gasteiger charge is -2.15. The number of alkyl halides is 2. The van der Waals surface area contributed by atoms with Crippen LogP contribution in [0, 0.1) is 0 Å². The van der Waals surface area contributed by atoms with E-state index in [1.165, 1.54) is 21.6 Å². The highest BCUT2D eigenvalue weighted by atomic mass is 35.5. The highest BCUT2D eigenvalue weighted by Gasteiger charge is 2.41. The second-order valence-corrected chi connectivity index (χ2v) is 12.6. The van der Waals surface area contributed by atoms with Crippen molar-refractivity contribution in [2.75, 3.05) is 23.0 Å². The van der Waals surface area contributed by atoms with Gasteiger partial charge in [-0.25, -0.2) is 16.8 Å². The summed E-state index contributed by atoms with van der Waals surface area (Å²) < 4.78 is 45.5. The van der Waals surface area contributed by atoms with Crippen molar-refractivity contribution in [2.45, 2.75) is 21.3 Å². The van der Waals surface area contributed by atoms with Gasteiger partial charge in [-0.05, 0) is 0 Å². The summed E-state index contributed by atoms with van der Waals surface area (Å²) in [6.45, 7) is 0. The maximum absolute atomic E-state index is 11.4. The molecule has 18 heavy (non-hydrogen) atoms. The van der Waals surface area contributed by atoms with E-state index in [0.717, 1.165) is 0 Å². The molecule has 10 heteroatoms. The summed E-state index contributed by atoms with van der Waals surface area (Å²) in [5, 5.41) is -1.18. The predicted molar refractivity (Wildman–Crippen MR) is 79.3 cm³/mol. The fraction of sp³-hybridized carbons (Fsp3) is 1.00. The summed E-state index contributed by atoms with van der Waals surface area (Å²) >= 11 is 12.0. The van der Waals surface area contributed by atoms with E-state index in [1.54, 1.807) is 0 Å². The van der Waals surface area contributed by atoms with Gasteiger partial charge >= 0.3 is 0 Å².